The van der Waals surface area contributed by atoms with Crippen molar-refractivity contribution in [2.75, 3.05) is 20.2 Å². The molecule has 0 saturated heterocycles. The van der Waals surface area contributed by atoms with E-state index in [-0.39, 0.29) is 12.5 Å². The number of carbonyl (C=O) groups excluding carboxylic acids is 1. The van der Waals surface area contributed by atoms with E-state index in [2.05, 4.69) is 12.2 Å². The third-order valence-corrected chi connectivity index (χ3v) is 2.05. The van der Waals surface area contributed by atoms with Crippen LogP contribution in [-0.2, 0) is 9.53 Å². The van der Waals surface area contributed by atoms with Gasteiger partial charge in [0.25, 0.3) is 0 Å². The molecule has 0 aliphatic rings. The molecule has 0 aliphatic heterocycles. The molecule has 0 aromatic carbocycles. The number of unbranched alkanes of at least 4 members (excludes halogenated alkanes) is 5. The molecule has 0 heterocycles. The minimum Gasteiger partial charge on any atom is -0.465 e. The molecular formula is C11H22NO2. The molecule has 0 spiro atoms. The number of likely N-dealkylation sites (N-methyl/N-ethyl adjacent to an activating group) is 1. The highest BCUT2D eigenvalue weighted by atomic mass is 16.5. The Labute approximate surface area is 87.2 Å². The van der Waals surface area contributed by atoms with Crippen LogP contribution in [0.3, 0.4) is 0 Å². The maximum atomic E-state index is 10.9. The van der Waals surface area contributed by atoms with Crippen LogP contribution in [0.2, 0.25) is 0 Å². The number of nitrogens with zero attached hydrogens (tertiary/aromatic N) is 1. The Morgan fingerprint density at radius 1 is 1.14 bits per heavy atom. The van der Waals surface area contributed by atoms with Gasteiger partial charge in [0.15, 0.2) is 0 Å². The Kier molecular flexibility index (Phi) is 10.1. The average Bonchev–Trinajstić information content (AvgIpc) is 2.17. The van der Waals surface area contributed by atoms with Crippen LogP contribution in [0.5, 0.6) is 0 Å². The van der Waals surface area contributed by atoms with Crippen LogP contribution in [0, 0.1) is 0 Å². The Hall–Kier alpha value is -0.570. The van der Waals surface area contributed by atoms with Gasteiger partial charge in [-0.05, 0) is 6.42 Å². The maximum Gasteiger partial charge on any atom is 0.321 e. The van der Waals surface area contributed by atoms with Crippen molar-refractivity contribution in [2.24, 2.45) is 0 Å². The number of carbonyl (C=O) groups is 1. The first kappa shape index (κ1) is 13.4. The van der Waals surface area contributed by atoms with Crippen LogP contribution in [0.1, 0.15) is 45.4 Å². The van der Waals surface area contributed by atoms with Crippen LogP contribution >= 0.6 is 0 Å². The zero-order chi connectivity index (χ0) is 10.6. The van der Waals surface area contributed by atoms with Crippen molar-refractivity contribution < 1.29 is 9.53 Å². The van der Waals surface area contributed by atoms with Crippen LogP contribution < -0.4 is 5.32 Å². The van der Waals surface area contributed by atoms with Crippen LogP contribution in [0.15, 0.2) is 0 Å². The standard InChI is InChI=1S/C11H22NO2/c1-3-4-5-6-7-8-9-14-11(13)10-12-2/h3-10H2,1-2H3. The summed E-state index contributed by atoms with van der Waals surface area (Å²) in [7, 11) is 1.62. The second-order valence-corrected chi connectivity index (χ2v) is 3.46. The molecule has 14 heavy (non-hydrogen) atoms. The summed E-state index contributed by atoms with van der Waals surface area (Å²) in [5, 5.41) is 3.70. The summed E-state index contributed by atoms with van der Waals surface area (Å²) in [5.41, 5.74) is 0. The first-order chi connectivity index (χ1) is 6.81. The lowest BCUT2D eigenvalue weighted by molar-refractivity contribution is -0.142. The molecule has 0 bridgehead atoms. The lowest BCUT2D eigenvalue weighted by Crippen LogP contribution is -2.16. The highest BCUT2D eigenvalue weighted by molar-refractivity contribution is 5.71. The quantitative estimate of drug-likeness (QED) is 0.422. The topological polar surface area (TPSA) is 40.4 Å². The van der Waals surface area contributed by atoms with E-state index in [9.17, 15) is 4.79 Å². The Morgan fingerprint density at radius 2 is 1.79 bits per heavy atom. The number of rotatable bonds is 9. The smallest absolute Gasteiger partial charge is 0.321 e. The van der Waals surface area contributed by atoms with Crippen molar-refractivity contribution in [3.05, 3.63) is 0 Å². The molecule has 3 nitrogen and oxygen atoms in total. The molecule has 0 unspecified atom stereocenters. The molecule has 0 aliphatic carbocycles. The van der Waals surface area contributed by atoms with E-state index in [0.717, 1.165) is 12.8 Å². The minimum absolute atomic E-state index is 0.190. The van der Waals surface area contributed by atoms with E-state index in [1.165, 1.54) is 25.7 Å². The monoisotopic (exact) mass is 200 g/mol. The molecule has 83 valence electrons. The van der Waals surface area contributed by atoms with E-state index < -0.39 is 0 Å². The third-order valence-electron chi connectivity index (χ3n) is 2.05. The molecule has 0 atom stereocenters. The fourth-order valence-electron chi connectivity index (χ4n) is 1.24. The second-order valence-electron chi connectivity index (χ2n) is 3.46. The van der Waals surface area contributed by atoms with Gasteiger partial charge in [-0.25, -0.2) is 5.32 Å². The van der Waals surface area contributed by atoms with Crippen LogP contribution in [0.4, 0.5) is 0 Å². The summed E-state index contributed by atoms with van der Waals surface area (Å²) in [6.07, 6.45) is 7.29. The Balaban J connectivity index is 3.01. The zero-order valence-corrected chi connectivity index (χ0v) is 9.42. The fourth-order valence-corrected chi connectivity index (χ4v) is 1.24. The van der Waals surface area contributed by atoms with Gasteiger partial charge in [0, 0.05) is 7.05 Å². The van der Waals surface area contributed by atoms with E-state index in [1.54, 1.807) is 7.05 Å². The van der Waals surface area contributed by atoms with Crippen molar-refractivity contribution in [1.29, 1.82) is 0 Å². The summed E-state index contributed by atoms with van der Waals surface area (Å²) in [6, 6.07) is 0. The third kappa shape index (κ3) is 9.52. The summed E-state index contributed by atoms with van der Waals surface area (Å²) in [5.74, 6) is -0.207. The van der Waals surface area contributed by atoms with Gasteiger partial charge < -0.3 is 4.74 Å². The number of hydrogen-bond acceptors (Lipinski definition) is 2. The molecule has 0 aromatic rings. The van der Waals surface area contributed by atoms with Crippen molar-refractivity contribution in [2.45, 2.75) is 45.4 Å². The number of esters is 1. The van der Waals surface area contributed by atoms with E-state index >= 15 is 0 Å². The first-order valence-corrected chi connectivity index (χ1v) is 5.52. The van der Waals surface area contributed by atoms with E-state index in [1.807, 2.05) is 0 Å². The fraction of sp³-hybridized carbons (Fsp3) is 0.909. The summed E-state index contributed by atoms with van der Waals surface area (Å²) in [6.45, 7) is 2.95. The summed E-state index contributed by atoms with van der Waals surface area (Å²) < 4.78 is 4.96. The molecule has 0 fully saturated rings. The molecule has 1 radical (unpaired) electrons. The van der Waals surface area contributed by atoms with Gasteiger partial charge >= 0.3 is 5.97 Å². The SMILES string of the molecule is CCCCCCCCOC(=O)C[N]C. The molecular weight excluding hydrogens is 178 g/mol. The van der Waals surface area contributed by atoms with Gasteiger partial charge in [0.2, 0.25) is 0 Å². The van der Waals surface area contributed by atoms with Crippen molar-refractivity contribution >= 4 is 5.97 Å². The molecule has 0 aromatic heterocycles. The van der Waals surface area contributed by atoms with E-state index in [4.69, 9.17) is 4.74 Å². The van der Waals surface area contributed by atoms with Gasteiger partial charge in [-0.2, -0.15) is 0 Å². The Bertz CT molecular complexity index is 137. The molecule has 0 N–H and O–H groups in total. The highest BCUT2D eigenvalue weighted by Gasteiger charge is 1.99. The van der Waals surface area contributed by atoms with Crippen LogP contribution in [0.25, 0.3) is 0 Å². The summed E-state index contributed by atoms with van der Waals surface area (Å²) in [4.78, 5) is 10.9. The largest absolute Gasteiger partial charge is 0.465 e. The molecule has 0 amide bonds. The van der Waals surface area contributed by atoms with Gasteiger partial charge in [-0.3, -0.25) is 4.79 Å². The maximum absolute atomic E-state index is 10.9. The van der Waals surface area contributed by atoms with Gasteiger partial charge in [0.05, 0.1) is 6.61 Å². The normalized spacial score (nSPS) is 10.1. The number of hydrogen-bond donors (Lipinski definition) is 0. The van der Waals surface area contributed by atoms with Crippen LogP contribution in [-0.4, -0.2) is 26.2 Å². The van der Waals surface area contributed by atoms with Gasteiger partial charge in [-0.1, -0.05) is 39.0 Å². The predicted molar refractivity (Wildman–Crippen MR) is 57.3 cm³/mol. The zero-order valence-electron chi connectivity index (χ0n) is 9.42. The Morgan fingerprint density at radius 3 is 2.43 bits per heavy atom. The first-order valence-electron chi connectivity index (χ1n) is 5.52. The van der Waals surface area contributed by atoms with Gasteiger partial charge in [0.1, 0.15) is 6.54 Å². The molecule has 3 heteroatoms. The van der Waals surface area contributed by atoms with E-state index in [0.29, 0.717) is 6.61 Å². The van der Waals surface area contributed by atoms with Gasteiger partial charge in [-0.15, -0.1) is 0 Å². The lowest BCUT2D eigenvalue weighted by atomic mass is 10.1. The average molecular weight is 200 g/mol. The minimum atomic E-state index is -0.207. The lowest BCUT2D eigenvalue weighted by Gasteiger charge is -2.03. The predicted octanol–water partition coefficient (Wildman–Crippen LogP) is 2.12. The number of ether oxygens (including phenoxy) is 1. The summed E-state index contributed by atoms with van der Waals surface area (Å²) >= 11 is 0. The van der Waals surface area contributed by atoms with Crippen molar-refractivity contribution in [3.63, 3.8) is 0 Å². The second kappa shape index (κ2) is 10.5. The highest BCUT2D eigenvalue weighted by Crippen LogP contribution is 2.04. The van der Waals surface area contributed by atoms with Crippen molar-refractivity contribution in [3.8, 4) is 0 Å². The molecule has 0 rings (SSSR count). The molecule has 0 saturated carbocycles. The van der Waals surface area contributed by atoms with Crippen molar-refractivity contribution in [1.82, 2.24) is 5.32 Å².